The Hall–Kier alpha value is -3.54. The molecular formula is C22H21N3O3. The van der Waals surface area contributed by atoms with Crippen LogP contribution in [0.4, 0.5) is 16.2 Å². The van der Waals surface area contributed by atoms with Gasteiger partial charge in [-0.1, -0.05) is 42.5 Å². The van der Waals surface area contributed by atoms with Crippen LogP contribution in [-0.4, -0.2) is 31.6 Å². The van der Waals surface area contributed by atoms with Gasteiger partial charge in [0.25, 0.3) is 0 Å². The highest BCUT2D eigenvalue weighted by Gasteiger charge is 2.31. The number of carbonyl (C=O) groups excluding carboxylic acids is 2. The first-order chi connectivity index (χ1) is 13.6. The van der Waals surface area contributed by atoms with Gasteiger partial charge >= 0.3 is 6.03 Å². The van der Waals surface area contributed by atoms with Crippen molar-refractivity contribution in [2.75, 3.05) is 23.9 Å². The van der Waals surface area contributed by atoms with Crippen molar-refractivity contribution in [1.82, 2.24) is 5.32 Å². The van der Waals surface area contributed by atoms with Gasteiger partial charge in [0.2, 0.25) is 5.91 Å². The van der Waals surface area contributed by atoms with Gasteiger partial charge in [0.1, 0.15) is 5.75 Å². The number of hydrogen-bond donors (Lipinski definition) is 2. The molecule has 3 amide bonds. The van der Waals surface area contributed by atoms with Crippen molar-refractivity contribution in [3.63, 3.8) is 0 Å². The third-order valence-electron chi connectivity index (χ3n) is 4.86. The molecule has 1 aliphatic heterocycles. The molecule has 0 aliphatic carbocycles. The fourth-order valence-electron chi connectivity index (χ4n) is 3.51. The molecule has 4 rings (SSSR count). The molecule has 0 bridgehead atoms. The lowest BCUT2D eigenvalue weighted by atomic mass is 10.1. The minimum Gasteiger partial charge on any atom is -0.497 e. The fourth-order valence-corrected chi connectivity index (χ4v) is 3.51. The van der Waals surface area contributed by atoms with E-state index in [1.165, 1.54) is 0 Å². The van der Waals surface area contributed by atoms with Crippen LogP contribution in [-0.2, 0) is 4.79 Å². The number of amides is 3. The average molecular weight is 375 g/mol. The van der Waals surface area contributed by atoms with Crippen LogP contribution in [0.1, 0.15) is 6.42 Å². The number of carbonyl (C=O) groups is 2. The van der Waals surface area contributed by atoms with E-state index in [4.69, 9.17) is 4.74 Å². The fraction of sp³-hybridized carbons (Fsp3) is 0.182. The Labute approximate surface area is 163 Å². The summed E-state index contributed by atoms with van der Waals surface area (Å²) in [6.07, 6.45) is 0.264. The Bertz CT molecular complexity index is 1030. The van der Waals surface area contributed by atoms with Crippen molar-refractivity contribution in [2.24, 2.45) is 0 Å². The molecule has 0 saturated carbocycles. The molecule has 1 aliphatic rings. The summed E-state index contributed by atoms with van der Waals surface area (Å²) >= 11 is 0. The third-order valence-corrected chi connectivity index (χ3v) is 4.86. The van der Waals surface area contributed by atoms with Gasteiger partial charge in [-0.15, -0.1) is 0 Å². The molecule has 0 radical (unpaired) electrons. The topological polar surface area (TPSA) is 70.7 Å². The molecule has 1 heterocycles. The van der Waals surface area contributed by atoms with Gasteiger partial charge in [-0.25, -0.2) is 4.79 Å². The van der Waals surface area contributed by atoms with Crippen LogP contribution in [0, 0.1) is 0 Å². The number of hydrogen-bond acceptors (Lipinski definition) is 3. The van der Waals surface area contributed by atoms with Gasteiger partial charge in [0, 0.05) is 30.1 Å². The number of nitrogens with one attached hydrogen (secondary N) is 2. The zero-order valence-corrected chi connectivity index (χ0v) is 15.5. The molecule has 0 spiro atoms. The first-order valence-electron chi connectivity index (χ1n) is 9.14. The van der Waals surface area contributed by atoms with Crippen molar-refractivity contribution >= 4 is 34.1 Å². The van der Waals surface area contributed by atoms with Crippen LogP contribution in [0.2, 0.25) is 0 Å². The van der Waals surface area contributed by atoms with E-state index < -0.39 is 0 Å². The maximum Gasteiger partial charge on any atom is 0.319 e. The van der Waals surface area contributed by atoms with Crippen LogP contribution in [0.3, 0.4) is 0 Å². The lowest BCUT2D eigenvalue weighted by molar-refractivity contribution is -0.117. The Morgan fingerprint density at radius 2 is 1.86 bits per heavy atom. The minimum atomic E-state index is -0.318. The molecule has 1 saturated heterocycles. The zero-order valence-electron chi connectivity index (χ0n) is 15.5. The predicted octanol–water partition coefficient (Wildman–Crippen LogP) is 3.78. The van der Waals surface area contributed by atoms with Gasteiger partial charge in [0.15, 0.2) is 0 Å². The van der Waals surface area contributed by atoms with Crippen molar-refractivity contribution in [2.45, 2.75) is 12.5 Å². The maximum atomic E-state index is 12.5. The van der Waals surface area contributed by atoms with E-state index >= 15 is 0 Å². The number of anilines is 2. The van der Waals surface area contributed by atoms with E-state index in [1.54, 1.807) is 12.0 Å². The number of fused-ring (bicyclic) bond motifs is 1. The van der Waals surface area contributed by atoms with Crippen LogP contribution < -0.4 is 20.3 Å². The maximum absolute atomic E-state index is 12.5. The van der Waals surface area contributed by atoms with Gasteiger partial charge in [-0.2, -0.15) is 0 Å². The monoisotopic (exact) mass is 375 g/mol. The van der Waals surface area contributed by atoms with Crippen molar-refractivity contribution in [1.29, 1.82) is 0 Å². The number of nitrogens with zero attached hydrogens (tertiary/aromatic N) is 1. The van der Waals surface area contributed by atoms with Gasteiger partial charge in [0.05, 0.1) is 18.8 Å². The largest absolute Gasteiger partial charge is 0.497 e. The van der Waals surface area contributed by atoms with Gasteiger partial charge < -0.3 is 20.3 Å². The first kappa shape index (κ1) is 17.9. The third kappa shape index (κ3) is 3.62. The molecule has 6 heteroatoms. The molecule has 3 aromatic carbocycles. The standard InChI is InChI=1S/C22H21N3O3/c1-28-18-9-5-8-17(13-18)25-14-16(12-21(25)26)23-22(27)24-20-11-4-7-15-6-2-3-10-19(15)20/h2-11,13,16H,12,14H2,1H3,(H2,23,24,27)/t16-/m0/s1. The molecule has 2 N–H and O–H groups in total. The average Bonchev–Trinajstić information content (AvgIpc) is 3.08. The van der Waals surface area contributed by atoms with Crippen molar-refractivity contribution in [3.8, 4) is 5.75 Å². The molecule has 1 fully saturated rings. The van der Waals surface area contributed by atoms with Crippen LogP contribution in [0.25, 0.3) is 10.8 Å². The second-order valence-corrected chi connectivity index (χ2v) is 6.73. The summed E-state index contributed by atoms with van der Waals surface area (Å²) in [6.45, 7) is 0.426. The Kier molecular flexibility index (Phi) is 4.85. The van der Waals surface area contributed by atoms with Crippen LogP contribution in [0.5, 0.6) is 5.75 Å². The molecule has 28 heavy (non-hydrogen) atoms. The smallest absolute Gasteiger partial charge is 0.319 e. The number of rotatable bonds is 4. The van der Waals surface area contributed by atoms with Gasteiger partial charge in [-0.05, 0) is 23.6 Å². The lowest BCUT2D eigenvalue weighted by Gasteiger charge is -2.18. The summed E-state index contributed by atoms with van der Waals surface area (Å²) in [7, 11) is 1.59. The molecule has 142 valence electrons. The molecule has 3 aromatic rings. The highest BCUT2D eigenvalue weighted by molar-refractivity contribution is 6.02. The van der Waals surface area contributed by atoms with E-state index in [0.29, 0.717) is 12.3 Å². The quantitative estimate of drug-likeness (QED) is 0.729. The number of methoxy groups -OCH3 is 1. The highest BCUT2D eigenvalue weighted by atomic mass is 16.5. The van der Waals surface area contributed by atoms with Crippen LogP contribution in [0.15, 0.2) is 66.7 Å². The van der Waals surface area contributed by atoms with E-state index in [9.17, 15) is 9.59 Å². The normalized spacial score (nSPS) is 16.2. The molecule has 6 nitrogen and oxygen atoms in total. The first-order valence-corrected chi connectivity index (χ1v) is 9.14. The lowest BCUT2D eigenvalue weighted by Crippen LogP contribution is -2.39. The molecule has 0 unspecified atom stereocenters. The second-order valence-electron chi connectivity index (χ2n) is 6.73. The number of ether oxygens (including phenoxy) is 1. The SMILES string of the molecule is COc1cccc(N2C[C@@H](NC(=O)Nc3cccc4ccccc34)CC2=O)c1. The van der Waals surface area contributed by atoms with E-state index in [0.717, 1.165) is 22.1 Å². The summed E-state index contributed by atoms with van der Waals surface area (Å²) in [4.78, 5) is 26.6. The Balaban J connectivity index is 1.43. The minimum absolute atomic E-state index is 0.0243. The van der Waals surface area contributed by atoms with E-state index in [-0.39, 0.29) is 24.4 Å². The molecule has 1 atom stereocenters. The van der Waals surface area contributed by atoms with Crippen LogP contribution >= 0.6 is 0 Å². The number of benzene rings is 3. The highest BCUT2D eigenvalue weighted by Crippen LogP contribution is 2.26. The van der Waals surface area contributed by atoms with Crippen molar-refractivity contribution in [3.05, 3.63) is 66.7 Å². The molecular weight excluding hydrogens is 354 g/mol. The Morgan fingerprint density at radius 3 is 2.71 bits per heavy atom. The molecule has 0 aromatic heterocycles. The Morgan fingerprint density at radius 1 is 1.07 bits per heavy atom. The van der Waals surface area contributed by atoms with Crippen molar-refractivity contribution < 1.29 is 14.3 Å². The summed E-state index contributed by atoms with van der Waals surface area (Å²) < 4.78 is 5.22. The van der Waals surface area contributed by atoms with Gasteiger partial charge in [-0.3, -0.25) is 4.79 Å². The van der Waals surface area contributed by atoms with E-state index in [2.05, 4.69) is 10.6 Å². The second kappa shape index (κ2) is 7.60. The predicted molar refractivity (Wildman–Crippen MR) is 110 cm³/mol. The summed E-state index contributed by atoms with van der Waals surface area (Å²) in [6, 6.07) is 20.4. The number of urea groups is 1. The van der Waals surface area contributed by atoms with E-state index in [1.807, 2.05) is 66.7 Å². The summed E-state index contributed by atoms with van der Waals surface area (Å²) in [5.74, 6) is 0.666. The zero-order chi connectivity index (χ0) is 19.5. The summed E-state index contributed by atoms with van der Waals surface area (Å²) in [5.41, 5.74) is 1.51. The summed E-state index contributed by atoms with van der Waals surface area (Å²) in [5, 5.41) is 7.84.